The van der Waals surface area contributed by atoms with Crippen LogP contribution in [-0.4, -0.2) is 23.3 Å². The maximum atomic E-state index is 12.1. The molecule has 0 spiro atoms. The topological polar surface area (TPSA) is 129 Å². The zero-order valence-electron chi connectivity index (χ0n) is 16.3. The molecule has 0 unspecified atom stereocenters. The van der Waals surface area contributed by atoms with Gasteiger partial charge < -0.3 is 14.5 Å². The number of amides is 1. The molecule has 2 aromatic carbocycles. The van der Waals surface area contributed by atoms with Gasteiger partial charge in [-0.2, -0.15) is 0 Å². The summed E-state index contributed by atoms with van der Waals surface area (Å²) in [6, 6.07) is 10.1. The van der Waals surface area contributed by atoms with E-state index < -0.39 is 29.0 Å². The van der Waals surface area contributed by atoms with Gasteiger partial charge in [0.15, 0.2) is 0 Å². The number of nitrogens with zero attached hydrogens (tertiary/aromatic N) is 1. The number of hydrogen-bond donors (Lipinski definition) is 1. The van der Waals surface area contributed by atoms with E-state index in [1.54, 1.807) is 6.07 Å². The molecule has 0 saturated heterocycles. The highest BCUT2D eigenvalue weighted by Gasteiger charge is 2.14. The second-order valence-corrected chi connectivity index (χ2v) is 6.63. The molecule has 0 aliphatic carbocycles. The highest BCUT2D eigenvalue weighted by molar-refractivity contribution is 5.96. The minimum atomic E-state index is -0.723. The van der Waals surface area contributed by atoms with Crippen LogP contribution in [0.3, 0.4) is 0 Å². The molecule has 3 rings (SSSR count). The monoisotopic (exact) mass is 410 g/mol. The molecule has 154 valence electrons. The van der Waals surface area contributed by atoms with Crippen molar-refractivity contribution in [1.82, 2.24) is 5.32 Å². The molecule has 3 aromatic rings. The summed E-state index contributed by atoms with van der Waals surface area (Å²) in [4.78, 5) is 46.1. The van der Waals surface area contributed by atoms with Crippen LogP contribution in [0.4, 0.5) is 5.69 Å². The Morgan fingerprint density at radius 2 is 1.93 bits per heavy atom. The third-order valence-corrected chi connectivity index (χ3v) is 4.62. The number of nitro groups is 1. The van der Waals surface area contributed by atoms with E-state index in [1.807, 2.05) is 19.9 Å². The second-order valence-electron chi connectivity index (χ2n) is 6.63. The Morgan fingerprint density at radius 3 is 2.67 bits per heavy atom. The van der Waals surface area contributed by atoms with Crippen molar-refractivity contribution in [3.8, 4) is 0 Å². The van der Waals surface area contributed by atoms with Gasteiger partial charge in [-0.25, -0.2) is 4.79 Å². The van der Waals surface area contributed by atoms with E-state index in [4.69, 9.17) is 9.15 Å². The smallest absolute Gasteiger partial charge is 0.336 e. The average Bonchev–Trinajstić information content (AvgIpc) is 2.73. The normalized spacial score (nSPS) is 10.6. The number of carbonyl (C=O) groups excluding carboxylic acids is 2. The molecule has 30 heavy (non-hydrogen) atoms. The van der Waals surface area contributed by atoms with Gasteiger partial charge in [0.1, 0.15) is 18.7 Å². The molecule has 0 fully saturated rings. The minimum Gasteiger partial charge on any atom is -0.459 e. The summed E-state index contributed by atoms with van der Waals surface area (Å²) in [6.07, 6.45) is 0. The van der Waals surface area contributed by atoms with Crippen LogP contribution in [0.25, 0.3) is 11.0 Å². The van der Waals surface area contributed by atoms with Crippen LogP contribution in [0.2, 0.25) is 0 Å². The fraction of sp³-hybridized carbons (Fsp3) is 0.190. The first-order valence-electron chi connectivity index (χ1n) is 8.97. The molecular formula is C21H18N2O7. The Kier molecular flexibility index (Phi) is 5.91. The molecule has 9 nitrogen and oxygen atoms in total. The highest BCUT2D eigenvalue weighted by Crippen LogP contribution is 2.23. The summed E-state index contributed by atoms with van der Waals surface area (Å²) in [5.41, 5.74) is 1.97. The zero-order valence-corrected chi connectivity index (χ0v) is 16.3. The number of rotatable bonds is 6. The van der Waals surface area contributed by atoms with E-state index in [0.29, 0.717) is 16.5 Å². The largest absolute Gasteiger partial charge is 0.459 e. The summed E-state index contributed by atoms with van der Waals surface area (Å²) >= 11 is 0. The van der Waals surface area contributed by atoms with Crippen molar-refractivity contribution in [2.24, 2.45) is 0 Å². The maximum absolute atomic E-state index is 12.1. The fourth-order valence-corrected chi connectivity index (χ4v) is 2.87. The van der Waals surface area contributed by atoms with Crippen molar-refractivity contribution in [2.45, 2.75) is 20.5 Å². The van der Waals surface area contributed by atoms with Gasteiger partial charge in [-0.3, -0.25) is 19.7 Å². The number of benzene rings is 2. The third kappa shape index (κ3) is 4.52. The summed E-state index contributed by atoms with van der Waals surface area (Å²) in [5.74, 6) is -1.37. The molecule has 0 atom stereocenters. The molecule has 1 N–H and O–H groups in total. The maximum Gasteiger partial charge on any atom is 0.336 e. The fourth-order valence-electron chi connectivity index (χ4n) is 2.87. The van der Waals surface area contributed by atoms with Gasteiger partial charge in [0.25, 0.3) is 11.6 Å². The van der Waals surface area contributed by atoms with Crippen LogP contribution < -0.4 is 10.9 Å². The van der Waals surface area contributed by atoms with Crippen molar-refractivity contribution in [3.05, 3.63) is 85.3 Å². The lowest BCUT2D eigenvalue weighted by atomic mass is 10.0. The first kappa shape index (κ1) is 20.7. The molecular weight excluding hydrogens is 392 g/mol. The standard InChI is InChI=1S/C21H18N2O7/c1-12-6-7-17-15(9-18(24)30-20(17)13(12)2)11-29-19(25)10-22-21(26)14-4-3-5-16(8-14)23(27)28/h3-9H,10-11H2,1-2H3,(H,22,26). The zero-order chi connectivity index (χ0) is 21.8. The summed E-state index contributed by atoms with van der Waals surface area (Å²) in [7, 11) is 0. The van der Waals surface area contributed by atoms with Crippen LogP contribution in [0.1, 0.15) is 27.0 Å². The lowest BCUT2D eigenvalue weighted by Gasteiger charge is -2.10. The predicted octanol–water partition coefficient (Wildman–Crippen LogP) is 2.79. The van der Waals surface area contributed by atoms with E-state index in [1.165, 1.54) is 24.3 Å². The Hall–Kier alpha value is -4.01. The number of nitro benzene ring substituents is 1. The quantitative estimate of drug-likeness (QED) is 0.286. The van der Waals surface area contributed by atoms with Gasteiger partial charge in [-0.05, 0) is 31.0 Å². The van der Waals surface area contributed by atoms with Crippen molar-refractivity contribution < 1.29 is 23.7 Å². The Labute approximate surface area is 170 Å². The van der Waals surface area contributed by atoms with Crippen LogP contribution in [0, 0.1) is 24.0 Å². The van der Waals surface area contributed by atoms with Gasteiger partial charge in [0, 0.05) is 34.7 Å². The Bertz CT molecular complexity index is 1210. The molecule has 0 bridgehead atoms. The van der Waals surface area contributed by atoms with E-state index >= 15 is 0 Å². The number of aryl methyl sites for hydroxylation is 2. The van der Waals surface area contributed by atoms with Gasteiger partial charge in [0.2, 0.25) is 0 Å². The van der Waals surface area contributed by atoms with Crippen LogP contribution in [0.15, 0.2) is 51.7 Å². The first-order valence-corrected chi connectivity index (χ1v) is 8.97. The first-order chi connectivity index (χ1) is 14.3. The number of nitrogens with one attached hydrogen (secondary N) is 1. The van der Waals surface area contributed by atoms with Crippen molar-refractivity contribution >= 4 is 28.5 Å². The lowest BCUT2D eigenvalue weighted by molar-refractivity contribution is -0.384. The summed E-state index contributed by atoms with van der Waals surface area (Å²) < 4.78 is 10.4. The van der Waals surface area contributed by atoms with Crippen LogP contribution >= 0.6 is 0 Å². The number of ether oxygens (including phenoxy) is 1. The van der Waals surface area contributed by atoms with E-state index in [2.05, 4.69) is 5.32 Å². The summed E-state index contributed by atoms with van der Waals surface area (Å²) in [5, 5.41) is 13.8. The van der Waals surface area contributed by atoms with E-state index in [0.717, 1.165) is 17.2 Å². The van der Waals surface area contributed by atoms with Crippen LogP contribution in [-0.2, 0) is 16.1 Å². The molecule has 9 heteroatoms. The number of fused-ring (bicyclic) bond motifs is 1. The third-order valence-electron chi connectivity index (χ3n) is 4.62. The van der Waals surface area contributed by atoms with Crippen molar-refractivity contribution in [2.75, 3.05) is 6.54 Å². The van der Waals surface area contributed by atoms with Gasteiger partial charge >= 0.3 is 11.6 Å². The second kappa shape index (κ2) is 8.56. The predicted molar refractivity (Wildman–Crippen MR) is 107 cm³/mol. The van der Waals surface area contributed by atoms with E-state index in [-0.39, 0.29) is 17.9 Å². The number of non-ortho nitro benzene ring substituents is 1. The van der Waals surface area contributed by atoms with Crippen LogP contribution in [0.5, 0.6) is 0 Å². The Balaban J connectivity index is 1.65. The summed E-state index contributed by atoms with van der Waals surface area (Å²) in [6.45, 7) is 3.13. The number of hydrogen-bond acceptors (Lipinski definition) is 7. The molecule has 1 heterocycles. The molecule has 1 amide bonds. The SMILES string of the molecule is Cc1ccc2c(COC(=O)CNC(=O)c3cccc([N+](=O)[O-])c3)cc(=O)oc2c1C. The number of carbonyl (C=O) groups is 2. The average molecular weight is 410 g/mol. The van der Waals surface area contributed by atoms with Gasteiger partial charge in [-0.1, -0.05) is 18.2 Å². The molecule has 0 saturated carbocycles. The molecule has 0 aliphatic rings. The highest BCUT2D eigenvalue weighted by atomic mass is 16.6. The van der Waals surface area contributed by atoms with Gasteiger partial charge in [-0.15, -0.1) is 0 Å². The van der Waals surface area contributed by atoms with Gasteiger partial charge in [0.05, 0.1) is 4.92 Å². The Morgan fingerprint density at radius 1 is 1.17 bits per heavy atom. The number of esters is 1. The van der Waals surface area contributed by atoms with E-state index in [9.17, 15) is 24.5 Å². The van der Waals surface area contributed by atoms with Crippen molar-refractivity contribution in [1.29, 1.82) is 0 Å². The molecule has 0 aliphatic heterocycles. The molecule has 1 aromatic heterocycles. The van der Waals surface area contributed by atoms with Crippen molar-refractivity contribution in [3.63, 3.8) is 0 Å². The molecule has 0 radical (unpaired) electrons. The minimum absolute atomic E-state index is 0.0505. The lowest BCUT2D eigenvalue weighted by Crippen LogP contribution is -2.30.